The molecule has 0 aromatic heterocycles. The van der Waals surface area contributed by atoms with Gasteiger partial charge in [-0.2, -0.15) is 0 Å². The van der Waals surface area contributed by atoms with Crippen LogP contribution in [0.5, 0.6) is 0 Å². The van der Waals surface area contributed by atoms with Crippen molar-refractivity contribution in [1.29, 1.82) is 0 Å². The number of carbonyl (C=O) groups is 1. The van der Waals surface area contributed by atoms with Crippen LogP contribution >= 0.6 is 15.9 Å². The Labute approximate surface area is 130 Å². The van der Waals surface area contributed by atoms with E-state index in [1.807, 2.05) is 25.1 Å². The highest BCUT2D eigenvalue weighted by Gasteiger charge is 2.10. The van der Waals surface area contributed by atoms with Crippen molar-refractivity contribution >= 4 is 33.4 Å². The van der Waals surface area contributed by atoms with Crippen molar-refractivity contribution in [2.75, 3.05) is 5.32 Å². The molecule has 1 amide bonds. The Bertz CT molecular complexity index is 714. The van der Waals surface area contributed by atoms with Gasteiger partial charge in [-0.1, -0.05) is 29.4 Å². The van der Waals surface area contributed by atoms with Gasteiger partial charge >= 0.3 is 0 Å². The molecule has 0 aliphatic rings. The lowest BCUT2D eigenvalue weighted by atomic mass is 10.1. The Morgan fingerprint density at radius 1 is 1.24 bits per heavy atom. The lowest BCUT2D eigenvalue weighted by Crippen LogP contribution is -2.16. The maximum atomic E-state index is 12.3. The third-order valence-corrected chi connectivity index (χ3v) is 4.02. The van der Waals surface area contributed by atoms with Crippen molar-refractivity contribution in [2.24, 2.45) is 10.9 Å². The number of rotatable bonds is 3. The third kappa shape index (κ3) is 3.41. The van der Waals surface area contributed by atoms with Gasteiger partial charge in [-0.15, -0.1) is 0 Å². The number of aryl methyl sites for hydroxylation is 1. The molecule has 0 saturated carbocycles. The Morgan fingerprint density at radius 2 is 1.90 bits per heavy atom. The number of nitrogens with two attached hydrogens (primary N) is 1. The number of amidine groups is 1. The summed E-state index contributed by atoms with van der Waals surface area (Å²) < 4.78 is 0.839. The van der Waals surface area contributed by atoms with Gasteiger partial charge in [0, 0.05) is 15.6 Å². The highest BCUT2D eigenvalue weighted by atomic mass is 79.9. The van der Waals surface area contributed by atoms with Crippen LogP contribution in [0.15, 0.2) is 52.1 Å². The average Bonchev–Trinajstić information content (AvgIpc) is 2.51. The first kappa shape index (κ1) is 15.1. The smallest absolute Gasteiger partial charge is 0.255 e. The van der Waals surface area contributed by atoms with Gasteiger partial charge in [0.25, 0.3) is 5.91 Å². The predicted octanol–water partition coefficient (Wildman–Crippen LogP) is 3.10. The first-order valence-corrected chi connectivity index (χ1v) is 6.96. The third-order valence-electron chi connectivity index (χ3n) is 2.97. The van der Waals surface area contributed by atoms with E-state index in [9.17, 15) is 4.79 Å². The fraction of sp³-hybridized carbons (Fsp3) is 0.0667. The van der Waals surface area contributed by atoms with Gasteiger partial charge in [0.2, 0.25) is 0 Å². The van der Waals surface area contributed by atoms with Gasteiger partial charge in [0.1, 0.15) is 0 Å². The van der Waals surface area contributed by atoms with Gasteiger partial charge in [0.15, 0.2) is 5.84 Å². The monoisotopic (exact) mass is 347 g/mol. The van der Waals surface area contributed by atoms with Gasteiger partial charge in [-0.3, -0.25) is 4.79 Å². The van der Waals surface area contributed by atoms with E-state index < -0.39 is 0 Å². The highest BCUT2D eigenvalue weighted by Crippen LogP contribution is 2.26. The lowest BCUT2D eigenvalue weighted by molar-refractivity contribution is 0.102. The second-order valence-electron chi connectivity index (χ2n) is 4.46. The van der Waals surface area contributed by atoms with Gasteiger partial charge in [-0.05, 0) is 46.6 Å². The maximum Gasteiger partial charge on any atom is 0.255 e. The number of nitrogens with one attached hydrogen (secondary N) is 1. The molecule has 0 fully saturated rings. The number of anilines is 1. The summed E-state index contributed by atoms with van der Waals surface area (Å²) in [5, 5.41) is 14.4. The van der Waals surface area contributed by atoms with Crippen LogP contribution in [-0.2, 0) is 0 Å². The second kappa shape index (κ2) is 6.41. The molecule has 5 nitrogen and oxygen atoms in total. The van der Waals surface area contributed by atoms with E-state index in [-0.39, 0.29) is 11.7 Å². The van der Waals surface area contributed by atoms with E-state index in [0.717, 1.165) is 10.0 Å². The van der Waals surface area contributed by atoms with Crippen LogP contribution in [0.2, 0.25) is 0 Å². The minimum absolute atomic E-state index is 0.0404. The lowest BCUT2D eigenvalue weighted by Gasteiger charge is -2.10. The summed E-state index contributed by atoms with van der Waals surface area (Å²) in [7, 11) is 0. The van der Waals surface area contributed by atoms with Crippen molar-refractivity contribution < 1.29 is 10.0 Å². The van der Waals surface area contributed by atoms with E-state index in [1.54, 1.807) is 24.3 Å². The molecule has 0 bridgehead atoms. The Balaban J connectivity index is 2.27. The molecule has 0 aliphatic heterocycles. The molecule has 2 aromatic rings. The molecular weight excluding hydrogens is 334 g/mol. The Morgan fingerprint density at radius 3 is 2.62 bits per heavy atom. The molecule has 108 valence electrons. The van der Waals surface area contributed by atoms with Crippen LogP contribution in [0, 0.1) is 6.92 Å². The molecule has 0 heterocycles. The standard InChI is InChI=1S/C15H14BrN3O2/c1-9-4-2-7-12(13(9)16)18-15(20)11-6-3-5-10(8-11)14(17)19-21/h2-8,21H,1H3,(H2,17,19)(H,18,20). The summed E-state index contributed by atoms with van der Waals surface area (Å²) in [5.41, 5.74) is 8.14. The minimum Gasteiger partial charge on any atom is -0.409 e. The summed E-state index contributed by atoms with van der Waals surface area (Å²) in [6.45, 7) is 1.94. The average molecular weight is 348 g/mol. The highest BCUT2D eigenvalue weighted by molar-refractivity contribution is 9.10. The minimum atomic E-state index is -0.270. The van der Waals surface area contributed by atoms with Crippen LogP contribution in [0.25, 0.3) is 0 Å². The van der Waals surface area contributed by atoms with Crippen LogP contribution in [0.1, 0.15) is 21.5 Å². The van der Waals surface area contributed by atoms with Crippen molar-refractivity contribution in [3.05, 3.63) is 63.6 Å². The maximum absolute atomic E-state index is 12.3. The van der Waals surface area contributed by atoms with Crippen LogP contribution < -0.4 is 11.1 Å². The number of amides is 1. The molecule has 0 radical (unpaired) electrons. The summed E-state index contributed by atoms with van der Waals surface area (Å²) in [6, 6.07) is 12.2. The summed E-state index contributed by atoms with van der Waals surface area (Å²) in [6.07, 6.45) is 0. The summed E-state index contributed by atoms with van der Waals surface area (Å²) in [5.74, 6) is -0.310. The van der Waals surface area contributed by atoms with Crippen LogP contribution in [0.4, 0.5) is 5.69 Å². The van der Waals surface area contributed by atoms with Gasteiger partial charge < -0.3 is 16.3 Å². The number of hydrogen-bond donors (Lipinski definition) is 3. The van der Waals surface area contributed by atoms with E-state index in [2.05, 4.69) is 26.4 Å². The number of carbonyl (C=O) groups excluding carboxylic acids is 1. The van der Waals surface area contributed by atoms with Crippen molar-refractivity contribution in [2.45, 2.75) is 6.92 Å². The molecule has 0 aliphatic carbocycles. The first-order valence-electron chi connectivity index (χ1n) is 6.17. The van der Waals surface area contributed by atoms with E-state index in [4.69, 9.17) is 10.9 Å². The fourth-order valence-electron chi connectivity index (χ4n) is 1.82. The second-order valence-corrected chi connectivity index (χ2v) is 5.25. The number of benzene rings is 2. The molecule has 2 rings (SSSR count). The molecule has 0 spiro atoms. The number of halogens is 1. The molecule has 4 N–H and O–H groups in total. The molecular formula is C15H14BrN3O2. The fourth-order valence-corrected chi connectivity index (χ4v) is 2.18. The number of hydrogen-bond acceptors (Lipinski definition) is 3. The number of oxime groups is 1. The van der Waals surface area contributed by atoms with Crippen molar-refractivity contribution in [3.8, 4) is 0 Å². The van der Waals surface area contributed by atoms with Crippen LogP contribution in [0.3, 0.4) is 0 Å². The Kier molecular flexibility index (Phi) is 4.59. The molecule has 0 atom stereocenters. The zero-order valence-corrected chi connectivity index (χ0v) is 12.9. The van der Waals surface area contributed by atoms with Gasteiger partial charge in [0.05, 0.1) is 5.69 Å². The molecule has 2 aromatic carbocycles. The topological polar surface area (TPSA) is 87.7 Å². The SMILES string of the molecule is Cc1cccc(NC(=O)c2cccc(/C(N)=N/O)c2)c1Br. The van der Waals surface area contributed by atoms with E-state index >= 15 is 0 Å². The largest absolute Gasteiger partial charge is 0.409 e. The zero-order valence-electron chi connectivity index (χ0n) is 11.3. The van der Waals surface area contributed by atoms with Crippen LogP contribution in [-0.4, -0.2) is 17.0 Å². The van der Waals surface area contributed by atoms with Crippen molar-refractivity contribution in [3.63, 3.8) is 0 Å². The molecule has 21 heavy (non-hydrogen) atoms. The summed E-state index contributed by atoms with van der Waals surface area (Å²) >= 11 is 3.44. The molecule has 6 heteroatoms. The zero-order chi connectivity index (χ0) is 15.4. The number of nitrogens with zero attached hydrogens (tertiary/aromatic N) is 1. The Hall–Kier alpha value is -2.34. The van der Waals surface area contributed by atoms with E-state index in [0.29, 0.717) is 16.8 Å². The molecule has 0 saturated heterocycles. The van der Waals surface area contributed by atoms with E-state index in [1.165, 1.54) is 0 Å². The first-order chi connectivity index (χ1) is 10.0. The van der Waals surface area contributed by atoms with Crippen molar-refractivity contribution in [1.82, 2.24) is 0 Å². The normalized spacial score (nSPS) is 11.2. The molecule has 0 unspecified atom stereocenters. The quantitative estimate of drug-likeness (QED) is 0.345. The predicted molar refractivity (Wildman–Crippen MR) is 85.8 cm³/mol. The van der Waals surface area contributed by atoms with Gasteiger partial charge in [-0.25, -0.2) is 0 Å². The summed E-state index contributed by atoms with van der Waals surface area (Å²) in [4.78, 5) is 12.3.